The van der Waals surface area contributed by atoms with Gasteiger partial charge in [-0.15, -0.1) is 0 Å². The maximum absolute atomic E-state index is 10.3. The van der Waals surface area contributed by atoms with Gasteiger partial charge in [0, 0.05) is 11.2 Å². The summed E-state index contributed by atoms with van der Waals surface area (Å²) in [4.78, 5) is 23.2. The Labute approximate surface area is 84.0 Å². The van der Waals surface area contributed by atoms with E-state index in [1.165, 1.54) is 11.0 Å². The first-order chi connectivity index (χ1) is 6.99. The number of hydrogen-bond acceptors (Lipinski definition) is 5. The monoisotopic (exact) mass is 212 g/mol. The fraction of sp³-hybridized carbons (Fsp3) is 0.286. The molecule has 0 saturated carbocycles. The van der Waals surface area contributed by atoms with Gasteiger partial charge in [-0.2, -0.15) is 4.68 Å². The van der Waals surface area contributed by atoms with Crippen LogP contribution in [-0.4, -0.2) is 30.8 Å². The Kier molecular flexibility index (Phi) is 3.11. The van der Waals surface area contributed by atoms with Crippen molar-refractivity contribution in [3.63, 3.8) is 0 Å². The number of carbonyl (C=O) groups is 1. The van der Waals surface area contributed by atoms with Crippen molar-refractivity contribution in [2.75, 3.05) is 0 Å². The highest BCUT2D eigenvalue weighted by Gasteiger charge is 2.12. The van der Waals surface area contributed by atoms with Crippen LogP contribution in [0.3, 0.4) is 0 Å². The number of carboxylic acids is 1. The summed E-state index contributed by atoms with van der Waals surface area (Å²) in [6.07, 6.45) is 2.19. The third-order valence-corrected chi connectivity index (χ3v) is 1.47. The van der Waals surface area contributed by atoms with Gasteiger partial charge in [0.25, 0.3) is 0 Å². The molecular weight excluding hydrogens is 204 g/mol. The van der Waals surface area contributed by atoms with E-state index in [9.17, 15) is 14.9 Å². The smallest absolute Gasteiger partial charge is 0.478 e. The summed E-state index contributed by atoms with van der Waals surface area (Å²) in [7, 11) is 0. The summed E-state index contributed by atoms with van der Waals surface area (Å²) in [6, 6.07) is 0. The first kappa shape index (κ1) is 10.8. The zero-order valence-electron chi connectivity index (χ0n) is 7.82. The van der Waals surface area contributed by atoms with Crippen LogP contribution in [0, 0.1) is 10.1 Å². The summed E-state index contributed by atoms with van der Waals surface area (Å²) in [5.74, 6) is -1.57. The highest BCUT2D eigenvalue weighted by Crippen LogP contribution is 2.02. The molecule has 8 nitrogen and oxygen atoms in total. The molecule has 0 atom stereocenters. The summed E-state index contributed by atoms with van der Waals surface area (Å²) in [6.45, 7) is 1.74. The van der Waals surface area contributed by atoms with Crippen molar-refractivity contribution in [3.05, 3.63) is 28.1 Å². The van der Waals surface area contributed by atoms with Crippen LogP contribution in [0.5, 0.6) is 0 Å². The second kappa shape index (κ2) is 4.31. The first-order valence-electron chi connectivity index (χ1n) is 3.93. The molecule has 15 heavy (non-hydrogen) atoms. The molecule has 0 aliphatic rings. The molecule has 0 saturated heterocycles. The molecule has 0 aliphatic carbocycles. The molecule has 1 rings (SSSR count). The SMILES string of the molecule is CC(=CC(=O)O)Cn1cnc([N+](=O)[O-])n1. The van der Waals surface area contributed by atoms with Crippen molar-refractivity contribution in [1.82, 2.24) is 14.8 Å². The van der Waals surface area contributed by atoms with Gasteiger partial charge in [0.15, 0.2) is 0 Å². The molecule has 0 spiro atoms. The topological polar surface area (TPSA) is 111 Å². The molecule has 1 N–H and O–H groups in total. The molecule has 0 bridgehead atoms. The first-order valence-corrected chi connectivity index (χ1v) is 3.93. The molecule has 0 fully saturated rings. The molecule has 0 radical (unpaired) electrons. The average Bonchev–Trinajstić information content (AvgIpc) is 2.50. The van der Waals surface area contributed by atoms with E-state index in [-0.39, 0.29) is 6.54 Å². The van der Waals surface area contributed by atoms with E-state index in [1.807, 2.05) is 0 Å². The summed E-state index contributed by atoms with van der Waals surface area (Å²) >= 11 is 0. The van der Waals surface area contributed by atoms with E-state index < -0.39 is 16.8 Å². The average molecular weight is 212 g/mol. The van der Waals surface area contributed by atoms with Crippen LogP contribution in [-0.2, 0) is 11.3 Å². The Morgan fingerprint density at radius 1 is 1.80 bits per heavy atom. The van der Waals surface area contributed by atoms with Gasteiger partial charge in [0.05, 0.1) is 6.54 Å². The van der Waals surface area contributed by atoms with Crippen molar-refractivity contribution >= 4 is 11.9 Å². The van der Waals surface area contributed by atoms with E-state index >= 15 is 0 Å². The van der Waals surface area contributed by atoms with Crippen molar-refractivity contribution < 1.29 is 14.8 Å². The summed E-state index contributed by atoms with van der Waals surface area (Å²) < 4.78 is 1.20. The second-order valence-corrected chi connectivity index (χ2v) is 2.83. The molecule has 1 aromatic rings. The lowest BCUT2D eigenvalue weighted by atomic mass is 10.3. The van der Waals surface area contributed by atoms with Crippen LogP contribution in [0.1, 0.15) is 6.92 Å². The van der Waals surface area contributed by atoms with Crippen LogP contribution in [0.25, 0.3) is 0 Å². The van der Waals surface area contributed by atoms with Gasteiger partial charge in [-0.25, -0.2) is 4.79 Å². The molecule has 80 valence electrons. The Bertz CT molecular complexity index is 422. The highest BCUT2D eigenvalue weighted by molar-refractivity contribution is 5.80. The number of hydrogen-bond donors (Lipinski definition) is 1. The molecular formula is C7H8N4O4. The third kappa shape index (κ3) is 3.18. The van der Waals surface area contributed by atoms with Crippen LogP contribution >= 0.6 is 0 Å². The van der Waals surface area contributed by atoms with Crippen molar-refractivity contribution in [2.24, 2.45) is 0 Å². The zero-order chi connectivity index (χ0) is 11.4. The van der Waals surface area contributed by atoms with Crippen LogP contribution < -0.4 is 0 Å². The number of nitrogens with zero attached hydrogens (tertiary/aromatic N) is 4. The lowest BCUT2D eigenvalue weighted by Crippen LogP contribution is -2.02. The predicted molar refractivity (Wildman–Crippen MR) is 48.1 cm³/mol. The Hall–Kier alpha value is -2.25. The Morgan fingerprint density at radius 3 is 2.93 bits per heavy atom. The quantitative estimate of drug-likeness (QED) is 0.434. The lowest BCUT2D eigenvalue weighted by molar-refractivity contribution is -0.394. The van der Waals surface area contributed by atoms with E-state index in [0.717, 1.165) is 6.08 Å². The van der Waals surface area contributed by atoms with Crippen molar-refractivity contribution in [3.8, 4) is 0 Å². The molecule has 1 aromatic heterocycles. The lowest BCUT2D eigenvalue weighted by Gasteiger charge is -1.94. The number of allylic oxidation sites excluding steroid dienone is 1. The van der Waals surface area contributed by atoms with Crippen LogP contribution in [0.15, 0.2) is 18.0 Å². The van der Waals surface area contributed by atoms with Gasteiger partial charge in [0.1, 0.15) is 0 Å². The van der Waals surface area contributed by atoms with E-state index in [4.69, 9.17) is 5.11 Å². The highest BCUT2D eigenvalue weighted by atomic mass is 16.6. The molecule has 8 heteroatoms. The normalized spacial score (nSPS) is 11.4. The van der Waals surface area contributed by atoms with Crippen molar-refractivity contribution in [1.29, 1.82) is 0 Å². The van der Waals surface area contributed by atoms with Crippen LogP contribution in [0.4, 0.5) is 5.95 Å². The Morgan fingerprint density at radius 2 is 2.47 bits per heavy atom. The summed E-state index contributed by atoms with van der Waals surface area (Å²) in [5.41, 5.74) is 0.516. The maximum Gasteiger partial charge on any atom is 0.490 e. The Balaban J connectivity index is 2.73. The standard InChI is InChI=1S/C7H8N4O4/c1-5(2-6(12)13)3-10-4-8-7(9-10)11(14)15/h2,4H,3H2,1H3,(H,12,13). The minimum atomic E-state index is -1.07. The van der Waals surface area contributed by atoms with Gasteiger partial charge < -0.3 is 15.2 Å². The van der Waals surface area contributed by atoms with E-state index in [0.29, 0.717) is 5.57 Å². The predicted octanol–water partition coefficient (Wildman–Crippen LogP) is 0.217. The molecule has 1 heterocycles. The molecule has 0 aliphatic heterocycles. The molecule has 0 aromatic carbocycles. The second-order valence-electron chi connectivity index (χ2n) is 2.83. The fourth-order valence-corrected chi connectivity index (χ4v) is 0.957. The van der Waals surface area contributed by atoms with Crippen LogP contribution in [0.2, 0.25) is 0 Å². The zero-order valence-corrected chi connectivity index (χ0v) is 7.82. The minimum absolute atomic E-state index is 0.160. The van der Waals surface area contributed by atoms with Gasteiger partial charge >= 0.3 is 11.9 Å². The van der Waals surface area contributed by atoms with E-state index in [2.05, 4.69) is 10.1 Å². The van der Waals surface area contributed by atoms with Crippen molar-refractivity contribution in [2.45, 2.75) is 13.5 Å². The maximum atomic E-state index is 10.3. The van der Waals surface area contributed by atoms with Gasteiger partial charge in [-0.3, -0.25) is 0 Å². The number of aliphatic carboxylic acids is 1. The number of rotatable bonds is 4. The van der Waals surface area contributed by atoms with Gasteiger partial charge in [0.2, 0.25) is 6.33 Å². The van der Waals surface area contributed by atoms with Gasteiger partial charge in [-0.1, -0.05) is 4.98 Å². The molecule has 0 unspecified atom stereocenters. The number of aromatic nitrogens is 3. The third-order valence-electron chi connectivity index (χ3n) is 1.47. The summed E-state index contributed by atoms with van der Waals surface area (Å²) in [5, 5.41) is 22.2. The number of nitro groups is 1. The number of carboxylic acid groups (broad SMARTS) is 1. The minimum Gasteiger partial charge on any atom is -0.478 e. The fourth-order valence-electron chi connectivity index (χ4n) is 0.957. The molecule has 0 amide bonds. The largest absolute Gasteiger partial charge is 0.490 e. The van der Waals surface area contributed by atoms with Gasteiger partial charge in [-0.05, 0) is 17.4 Å². The van der Waals surface area contributed by atoms with E-state index in [1.54, 1.807) is 6.92 Å².